The number of rotatable bonds is 10. The van der Waals surface area contributed by atoms with E-state index in [2.05, 4.69) is 51.8 Å². The number of halogens is 1. The highest BCUT2D eigenvalue weighted by molar-refractivity contribution is 14.0. The Hall–Kier alpha value is -1.80. The fourth-order valence-electron chi connectivity index (χ4n) is 2.95. The number of guanidine groups is 1. The number of benzene rings is 2. The monoisotopic (exact) mass is 496 g/mol. The summed E-state index contributed by atoms with van der Waals surface area (Å²) in [6, 6.07) is 20.5. The first-order chi connectivity index (χ1) is 13.2. The van der Waals surface area contributed by atoms with Gasteiger partial charge in [0.1, 0.15) is 0 Å². The first kappa shape index (κ1) is 24.2. The largest absolute Gasteiger partial charge is 0.396 e. The molecule has 0 aliphatic heterocycles. The molecule has 0 aromatic heterocycles. The van der Waals surface area contributed by atoms with Crippen LogP contribution in [0, 0.1) is 0 Å². The zero-order chi connectivity index (χ0) is 19.3. The van der Waals surface area contributed by atoms with Crippen molar-refractivity contribution in [3.05, 3.63) is 66.2 Å². The van der Waals surface area contributed by atoms with E-state index < -0.39 is 0 Å². The fraction of sp³-hybridized carbons (Fsp3) is 0.409. The standard InChI is InChI=1S/C22H32N4O.HI/c1-23-22(25-17-20(18-27)19-11-5-3-6-12-19)24-15-9-10-16-26(2)21-13-7-4-8-14-21;/h3-8,11-14,20,27H,9-10,15-18H2,1-2H3,(H2,23,24,25);1H. The number of anilines is 1. The van der Waals surface area contributed by atoms with Gasteiger partial charge >= 0.3 is 0 Å². The van der Waals surface area contributed by atoms with Crippen molar-refractivity contribution in [3.8, 4) is 0 Å². The number of hydrogen-bond donors (Lipinski definition) is 3. The lowest BCUT2D eigenvalue weighted by atomic mass is 10.0. The van der Waals surface area contributed by atoms with Gasteiger partial charge in [-0.3, -0.25) is 4.99 Å². The summed E-state index contributed by atoms with van der Waals surface area (Å²) in [6.45, 7) is 2.66. The SMILES string of the molecule is CN=C(NCCCCN(C)c1ccccc1)NCC(CO)c1ccccc1.I. The summed E-state index contributed by atoms with van der Waals surface area (Å²) in [6.07, 6.45) is 2.18. The lowest BCUT2D eigenvalue weighted by Gasteiger charge is -2.20. The summed E-state index contributed by atoms with van der Waals surface area (Å²) in [5, 5.41) is 16.3. The zero-order valence-electron chi connectivity index (χ0n) is 16.8. The van der Waals surface area contributed by atoms with Crippen molar-refractivity contribution < 1.29 is 5.11 Å². The van der Waals surface area contributed by atoms with E-state index in [1.165, 1.54) is 5.69 Å². The zero-order valence-corrected chi connectivity index (χ0v) is 19.2. The predicted molar refractivity (Wildman–Crippen MR) is 130 cm³/mol. The molecule has 1 atom stereocenters. The molecule has 0 aliphatic carbocycles. The third-order valence-corrected chi connectivity index (χ3v) is 4.64. The van der Waals surface area contributed by atoms with Crippen LogP contribution in [-0.4, -0.2) is 51.4 Å². The van der Waals surface area contributed by atoms with Gasteiger partial charge in [0.25, 0.3) is 0 Å². The summed E-state index contributed by atoms with van der Waals surface area (Å²) < 4.78 is 0. The van der Waals surface area contributed by atoms with Gasteiger partial charge in [-0.1, -0.05) is 48.5 Å². The average Bonchev–Trinajstić information content (AvgIpc) is 2.73. The number of para-hydroxylation sites is 1. The van der Waals surface area contributed by atoms with E-state index in [0.29, 0.717) is 6.54 Å². The lowest BCUT2D eigenvalue weighted by molar-refractivity contribution is 0.265. The van der Waals surface area contributed by atoms with Crippen LogP contribution in [0.15, 0.2) is 65.7 Å². The van der Waals surface area contributed by atoms with Crippen LogP contribution in [0.1, 0.15) is 24.3 Å². The first-order valence-electron chi connectivity index (χ1n) is 9.61. The van der Waals surface area contributed by atoms with Crippen LogP contribution < -0.4 is 15.5 Å². The molecule has 154 valence electrons. The van der Waals surface area contributed by atoms with Crippen molar-refractivity contribution in [2.45, 2.75) is 18.8 Å². The predicted octanol–water partition coefficient (Wildman–Crippen LogP) is 3.46. The van der Waals surface area contributed by atoms with Gasteiger partial charge in [-0.25, -0.2) is 0 Å². The second-order valence-corrected chi connectivity index (χ2v) is 6.63. The molecule has 0 aliphatic rings. The van der Waals surface area contributed by atoms with Gasteiger partial charge in [0.05, 0.1) is 6.61 Å². The van der Waals surface area contributed by atoms with E-state index in [-0.39, 0.29) is 36.5 Å². The normalized spacial score (nSPS) is 12.0. The molecule has 5 nitrogen and oxygen atoms in total. The second-order valence-electron chi connectivity index (χ2n) is 6.63. The van der Waals surface area contributed by atoms with E-state index in [9.17, 15) is 5.11 Å². The Balaban J connectivity index is 0.00000392. The van der Waals surface area contributed by atoms with Gasteiger partial charge in [0.15, 0.2) is 5.96 Å². The molecule has 0 amide bonds. The smallest absolute Gasteiger partial charge is 0.190 e. The Bertz CT molecular complexity index is 667. The number of aliphatic hydroxyl groups is 1. The maximum absolute atomic E-state index is 9.65. The molecular formula is C22H33IN4O. The molecule has 28 heavy (non-hydrogen) atoms. The van der Waals surface area contributed by atoms with Crippen LogP contribution in [-0.2, 0) is 0 Å². The van der Waals surface area contributed by atoms with Crippen molar-refractivity contribution in [2.75, 3.05) is 45.2 Å². The van der Waals surface area contributed by atoms with Crippen LogP contribution in [0.25, 0.3) is 0 Å². The van der Waals surface area contributed by atoms with Crippen LogP contribution in [0.4, 0.5) is 5.69 Å². The highest BCUT2D eigenvalue weighted by Crippen LogP contribution is 2.13. The van der Waals surface area contributed by atoms with Gasteiger partial charge in [-0.05, 0) is 30.5 Å². The summed E-state index contributed by atoms with van der Waals surface area (Å²) in [4.78, 5) is 6.55. The van der Waals surface area contributed by atoms with Gasteiger partial charge < -0.3 is 20.6 Å². The van der Waals surface area contributed by atoms with Crippen LogP contribution in [0.3, 0.4) is 0 Å². The molecule has 6 heteroatoms. The molecule has 2 aromatic carbocycles. The maximum atomic E-state index is 9.65. The molecular weight excluding hydrogens is 463 g/mol. The number of hydrogen-bond acceptors (Lipinski definition) is 3. The lowest BCUT2D eigenvalue weighted by Crippen LogP contribution is -2.40. The van der Waals surface area contributed by atoms with Crippen LogP contribution in [0.5, 0.6) is 0 Å². The minimum Gasteiger partial charge on any atom is -0.396 e. The van der Waals surface area contributed by atoms with Crippen molar-refractivity contribution in [1.29, 1.82) is 0 Å². The minimum atomic E-state index is 0. The maximum Gasteiger partial charge on any atom is 0.190 e. The number of nitrogens with zero attached hydrogens (tertiary/aromatic N) is 2. The summed E-state index contributed by atoms with van der Waals surface area (Å²) in [7, 11) is 3.90. The van der Waals surface area contributed by atoms with E-state index in [0.717, 1.165) is 37.5 Å². The number of unbranched alkanes of at least 4 members (excludes halogenated alkanes) is 1. The topological polar surface area (TPSA) is 59.9 Å². The minimum absolute atomic E-state index is 0. The summed E-state index contributed by atoms with van der Waals surface area (Å²) >= 11 is 0. The van der Waals surface area contributed by atoms with E-state index in [1.807, 2.05) is 36.4 Å². The third-order valence-electron chi connectivity index (χ3n) is 4.64. The Morgan fingerprint density at radius 1 is 1.00 bits per heavy atom. The van der Waals surface area contributed by atoms with Crippen molar-refractivity contribution in [1.82, 2.24) is 10.6 Å². The summed E-state index contributed by atoms with van der Waals surface area (Å²) in [5.74, 6) is 0.838. The van der Waals surface area contributed by atoms with Gasteiger partial charge in [-0.2, -0.15) is 0 Å². The van der Waals surface area contributed by atoms with Gasteiger partial charge in [0.2, 0.25) is 0 Å². The van der Waals surface area contributed by atoms with Crippen LogP contribution in [0.2, 0.25) is 0 Å². The second kappa shape index (κ2) is 14.2. The Morgan fingerprint density at radius 3 is 2.25 bits per heavy atom. The van der Waals surface area contributed by atoms with E-state index in [4.69, 9.17) is 0 Å². The molecule has 0 saturated carbocycles. The van der Waals surface area contributed by atoms with Crippen molar-refractivity contribution in [2.24, 2.45) is 4.99 Å². The van der Waals surface area contributed by atoms with Gasteiger partial charge in [0, 0.05) is 45.3 Å². The molecule has 0 fully saturated rings. The Labute approximate surface area is 186 Å². The number of aliphatic imine (C=N–C) groups is 1. The summed E-state index contributed by atoms with van der Waals surface area (Å²) in [5.41, 5.74) is 2.38. The molecule has 2 aromatic rings. The highest BCUT2D eigenvalue weighted by Gasteiger charge is 2.10. The molecule has 0 bridgehead atoms. The van der Waals surface area contributed by atoms with Gasteiger partial charge in [-0.15, -0.1) is 24.0 Å². The van der Waals surface area contributed by atoms with Crippen molar-refractivity contribution in [3.63, 3.8) is 0 Å². The van der Waals surface area contributed by atoms with E-state index in [1.54, 1.807) is 7.05 Å². The molecule has 0 spiro atoms. The number of nitrogens with one attached hydrogen (secondary N) is 2. The molecule has 0 radical (unpaired) electrons. The van der Waals surface area contributed by atoms with E-state index >= 15 is 0 Å². The number of aliphatic hydroxyl groups excluding tert-OH is 1. The molecule has 2 rings (SSSR count). The quantitative estimate of drug-likeness (QED) is 0.204. The molecule has 0 saturated heterocycles. The highest BCUT2D eigenvalue weighted by atomic mass is 127. The molecule has 3 N–H and O–H groups in total. The fourth-order valence-corrected chi connectivity index (χ4v) is 2.95. The Kier molecular flexibility index (Phi) is 12.3. The third kappa shape index (κ3) is 8.48. The molecule has 0 heterocycles. The van der Waals surface area contributed by atoms with Crippen molar-refractivity contribution >= 4 is 35.6 Å². The average molecular weight is 496 g/mol. The van der Waals surface area contributed by atoms with Crippen LogP contribution >= 0.6 is 24.0 Å². The molecule has 1 unspecified atom stereocenters. The Morgan fingerprint density at radius 2 is 1.64 bits per heavy atom. The first-order valence-corrected chi connectivity index (χ1v) is 9.61.